The first-order valence-corrected chi connectivity index (χ1v) is 6.60. The van der Waals surface area contributed by atoms with Crippen LogP contribution >= 0.6 is 0 Å². The summed E-state index contributed by atoms with van der Waals surface area (Å²) >= 11 is 0. The summed E-state index contributed by atoms with van der Waals surface area (Å²) in [7, 11) is 0. The van der Waals surface area contributed by atoms with Gasteiger partial charge in [0.1, 0.15) is 5.82 Å². The summed E-state index contributed by atoms with van der Waals surface area (Å²) in [6.07, 6.45) is 8.48. The monoisotopic (exact) mass is 234 g/mol. The number of nitrogens with one attached hydrogen (secondary N) is 1. The fourth-order valence-corrected chi connectivity index (χ4v) is 2.56. The van der Waals surface area contributed by atoms with Crippen LogP contribution in [0, 0.1) is 11.8 Å². The molecule has 17 heavy (non-hydrogen) atoms. The first-order chi connectivity index (χ1) is 8.28. The average molecular weight is 234 g/mol. The lowest BCUT2D eigenvalue weighted by atomic mass is 9.81. The van der Waals surface area contributed by atoms with Crippen LogP contribution in [0.4, 0.5) is 11.8 Å². The Labute approximate surface area is 103 Å². The van der Waals surface area contributed by atoms with Crippen LogP contribution < -0.4 is 11.1 Å². The zero-order valence-electron chi connectivity index (χ0n) is 10.5. The van der Waals surface area contributed by atoms with Crippen molar-refractivity contribution in [2.45, 2.75) is 39.0 Å². The standard InChI is InChI=1S/C13H22N4/c1-2-10-3-5-11(6-4-10)9-16-12-7-8-15-13(14)17-12/h7-8,10-11H,2-6,9H2,1H3,(H3,14,15,16,17). The van der Waals surface area contributed by atoms with Crippen LogP contribution in [-0.4, -0.2) is 16.5 Å². The number of hydrogen-bond acceptors (Lipinski definition) is 4. The van der Waals surface area contributed by atoms with E-state index in [2.05, 4.69) is 22.2 Å². The second-order valence-electron chi connectivity index (χ2n) is 4.98. The van der Waals surface area contributed by atoms with E-state index in [0.717, 1.165) is 24.2 Å². The summed E-state index contributed by atoms with van der Waals surface area (Å²) in [5.74, 6) is 2.93. The lowest BCUT2D eigenvalue weighted by Gasteiger charge is -2.27. The average Bonchev–Trinajstić information content (AvgIpc) is 2.37. The molecule has 2 rings (SSSR count). The van der Waals surface area contributed by atoms with E-state index >= 15 is 0 Å². The van der Waals surface area contributed by atoms with Crippen LogP contribution in [0.1, 0.15) is 39.0 Å². The van der Waals surface area contributed by atoms with Gasteiger partial charge in [0.15, 0.2) is 0 Å². The third-order valence-electron chi connectivity index (χ3n) is 3.79. The van der Waals surface area contributed by atoms with Gasteiger partial charge in [-0.1, -0.05) is 26.2 Å². The van der Waals surface area contributed by atoms with Crippen LogP contribution in [0.15, 0.2) is 12.3 Å². The van der Waals surface area contributed by atoms with Gasteiger partial charge in [-0.2, -0.15) is 4.98 Å². The summed E-state index contributed by atoms with van der Waals surface area (Å²) in [6.45, 7) is 3.31. The minimum atomic E-state index is 0.338. The highest BCUT2D eigenvalue weighted by Crippen LogP contribution is 2.30. The Morgan fingerprint density at radius 2 is 2.00 bits per heavy atom. The van der Waals surface area contributed by atoms with Crippen LogP contribution in [0.5, 0.6) is 0 Å². The van der Waals surface area contributed by atoms with Crippen molar-refractivity contribution in [3.8, 4) is 0 Å². The second-order valence-corrected chi connectivity index (χ2v) is 4.98. The third-order valence-corrected chi connectivity index (χ3v) is 3.79. The highest BCUT2D eigenvalue weighted by Gasteiger charge is 2.19. The Balaban J connectivity index is 1.76. The zero-order valence-corrected chi connectivity index (χ0v) is 10.5. The predicted octanol–water partition coefficient (Wildman–Crippen LogP) is 2.69. The Bertz CT molecular complexity index is 345. The van der Waals surface area contributed by atoms with Crippen molar-refractivity contribution < 1.29 is 0 Å². The van der Waals surface area contributed by atoms with Crippen LogP contribution in [-0.2, 0) is 0 Å². The van der Waals surface area contributed by atoms with Crippen molar-refractivity contribution in [2.75, 3.05) is 17.6 Å². The number of nitrogens with two attached hydrogens (primary N) is 1. The van der Waals surface area contributed by atoms with E-state index in [1.54, 1.807) is 6.20 Å². The molecule has 0 aliphatic heterocycles. The zero-order chi connectivity index (χ0) is 12.1. The summed E-state index contributed by atoms with van der Waals surface area (Å²) < 4.78 is 0. The lowest BCUT2D eigenvalue weighted by Crippen LogP contribution is -2.21. The molecule has 0 spiro atoms. The number of anilines is 2. The van der Waals surface area contributed by atoms with Gasteiger partial charge >= 0.3 is 0 Å². The van der Waals surface area contributed by atoms with Crippen molar-refractivity contribution in [3.05, 3.63) is 12.3 Å². The van der Waals surface area contributed by atoms with Gasteiger partial charge in [0.2, 0.25) is 5.95 Å². The van der Waals surface area contributed by atoms with E-state index < -0.39 is 0 Å². The molecule has 0 amide bonds. The molecule has 1 aliphatic rings. The van der Waals surface area contributed by atoms with E-state index in [1.807, 2.05) is 6.07 Å². The van der Waals surface area contributed by atoms with Gasteiger partial charge < -0.3 is 11.1 Å². The number of rotatable bonds is 4. The normalized spacial score (nSPS) is 24.5. The largest absolute Gasteiger partial charge is 0.370 e. The molecule has 4 heteroatoms. The molecular formula is C13H22N4. The molecular weight excluding hydrogens is 212 g/mol. The summed E-state index contributed by atoms with van der Waals surface area (Å²) in [5.41, 5.74) is 5.54. The molecule has 4 nitrogen and oxygen atoms in total. The minimum absolute atomic E-state index is 0.338. The maximum absolute atomic E-state index is 5.54. The number of nitrogen functional groups attached to an aromatic ring is 1. The van der Waals surface area contributed by atoms with E-state index in [0.29, 0.717) is 5.95 Å². The van der Waals surface area contributed by atoms with Crippen LogP contribution in [0.3, 0.4) is 0 Å². The van der Waals surface area contributed by atoms with Gasteiger partial charge in [-0.05, 0) is 30.7 Å². The Morgan fingerprint density at radius 1 is 1.29 bits per heavy atom. The molecule has 1 saturated carbocycles. The molecule has 1 aromatic heterocycles. The number of hydrogen-bond donors (Lipinski definition) is 2. The SMILES string of the molecule is CCC1CCC(CNc2ccnc(N)n2)CC1. The van der Waals surface area contributed by atoms with Gasteiger partial charge in [0.05, 0.1) is 0 Å². The number of aromatic nitrogens is 2. The molecule has 1 fully saturated rings. The maximum atomic E-state index is 5.54. The smallest absolute Gasteiger partial charge is 0.221 e. The molecule has 0 unspecified atom stereocenters. The van der Waals surface area contributed by atoms with Crippen molar-refractivity contribution >= 4 is 11.8 Å². The lowest BCUT2D eigenvalue weighted by molar-refractivity contribution is 0.278. The molecule has 3 N–H and O–H groups in total. The summed E-state index contributed by atoms with van der Waals surface area (Å²) in [4.78, 5) is 8.03. The maximum Gasteiger partial charge on any atom is 0.221 e. The highest BCUT2D eigenvalue weighted by atomic mass is 15.1. The van der Waals surface area contributed by atoms with E-state index in [9.17, 15) is 0 Å². The van der Waals surface area contributed by atoms with Crippen molar-refractivity contribution in [3.63, 3.8) is 0 Å². The van der Waals surface area contributed by atoms with E-state index in [-0.39, 0.29) is 0 Å². The summed E-state index contributed by atoms with van der Waals surface area (Å²) in [5, 5.41) is 3.36. The first-order valence-electron chi connectivity index (χ1n) is 6.60. The van der Waals surface area contributed by atoms with Crippen molar-refractivity contribution in [1.82, 2.24) is 9.97 Å². The molecule has 0 atom stereocenters. The Hall–Kier alpha value is -1.32. The van der Waals surface area contributed by atoms with E-state index in [1.165, 1.54) is 32.1 Å². The fraction of sp³-hybridized carbons (Fsp3) is 0.692. The van der Waals surface area contributed by atoms with Crippen LogP contribution in [0.25, 0.3) is 0 Å². The molecule has 0 aromatic carbocycles. The Morgan fingerprint density at radius 3 is 2.65 bits per heavy atom. The predicted molar refractivity (Wildman–Crippen MR) is 70.7 cm³/mol. The summed E-state index contributed by atoms with van der Waals surface area (Å²) in [6, 6.07) is 1.87. The highest BCUT2D eigenvalue weighted by molar-refractivity contribution is 5.37. The quantitative estimate of drug-likeness (QED) is 0.840. The molecule has 1 aliphatic carbocycles. The molecule has 1 heterocycles. The van der Waals surface area contributed by atoms with Gasteiger partial charge in [0.25, 0.3) is 0 Å². The van der Waals surface area contributed by atoms with Crippen molar-refractivity contribution in [1.29, 1.82) is 0 Å². The second kappa shape index (κ2) is 5.84. The minimum Gasteiger partial charge on any atom is -0.370 e. The molecule has 0 radical (unpaired) electrons. The van der Waals surface area contributed by atoms with Gasteiger partial charge in [0, 0.05) is 12.7 Å². The van der Waals surface area contributed by atoms with Crippen LogP contribution in [0.2, 0.25) is 0 Å². The van der Waals surface area contributed by atoms with Gasteiger partial charge in [-0.3, -0.25) is 0 Å². The Kier molecular flexibility index (Phi) is 4.18. The molecule has 1 aromatic rings. The third kappa shape index (κ3) is 3.58. The topological polar surface area (TPSA) is 63.8 Å². The van der Waals surface area contributed by atoms with E-state index in [4.69, 9.17) is 5.73 Å². The van der Waals surface area contributed by atoms with Crippen molar-refractivity contribution in [2.24, 2.45) is 11.8 Å². The first kappa shape index (κ1) is 12.1. The number of nitrogens with zero attached hydrogens (tertiary/aromatic N) is 2. The molecule has 0 saturated heterocycles. The fourth-order valence-electron chi connectivity index (χ4n) is 2.56. The van der Waals surface area contributed by atoms with Gasteiger partial charge in [-0.25, -0.2) is 4.98 Å². The van der Waals surface area contributed by atoms with Gasteiger partial charge in [-0.15, -0.1) is 0 Å². The molecule has 94 valence electrons. The molecule has 0 bridgehead atoms.